The minimum atomic E-state index is 0.0694. The van der Waals surface area contributed by atoms with Crippen LogP contribution in [0.3, 0.4) is 0 Å². The minimum absolute atomic E-state index is 0.0694. The number of nitrogens with zero attached hydrogens (tertiary/aromatic N) is 2. The van der Waals surface area contributed by atoms with Gasteiger partial charge in [0.2, 0.25) is 5.91 Å². The summed E-state index contributed by atoms with van der Waals surface area (Å²) in [7, 11) is 0. The van der Waals surface area contributed by atoms with E-state index >= 15 is 0 Å². The van der Waals surface area contributed by atoms with Gasteiger partial charge < -0.3 is 10.6 Å². The molecule has 1 aliphatic carbocycles. The summed E-state index contributed by atoms with van der Waals surface area (Å²) < 4.78 is 1.90. The molecule has 0 fully saturated rings. The summed E-state index contributed by atoms with van der Waals surface area (Å²) in [6.45, 7) is 5.97. The van der Waals surface area contributed by atoms with Gasteiger partial charge in [0.25, 0.3) is 0 Å². The SMILES string of the molecule is Cc1cnn(C[C@@H](C)NCC(=O)NCCC2=CCCCC2)c1. The van der Waals surface area contributed by atoms with E-state index in [-0.39, 0.29) is 11.9 Å². The van der Waals surface area contributed by atoms with Crippen molar-refractivity contribution in [3.8, 4) is 0 Å². The highest BCUT2D eigenvalue weighted by atomic mass is 16.1. The molecule has 0 spiro atoms. The fourth-order valence-electron chi connectivity index (χ4n) is 2.74. The Morgan fingerprint density at radius 1 is 1.45 bits per heavy atom. The number of aryl methyl sites for hydroxylation is 1. The Labute approximate surface area is 133 Å². The van der Waals surface area contributed by atoms with Gasteiger partial charge in [-0.25, -0.2) is 0 Å². The molecule has 0 unspecified atom stereocenters. The van der Waals surface area contributed by atoms with E-state index in [4.69, 9.17) is 0 Å². The maximum atomic E-state index is 11.8. The lowest BCUT2D eigenvalue weighted by atomic mass is 9.97. The van der Waals surface area contributed by atoms with Crippen LogP contribution in [0.1, 0.15) is 44.6 Å². The lowest BCUT2D eigenvalue weighted by Gasteiger charge is -2.15. The molecule has 1 atom stereocenters. The average molecular weight is 304 g/mol. The Morgan fingerprint density at radius 2 is 2.32 bits per heavy atom. The number of hydrogen-bond donors (Lipinski definition) is 2. The zero-order valence-electron chi connectivity index (χ0n) is 13.8. The Balaban J connectivity index is 1.57. The molecule has 5 heteroatoms. The van der Waals surface area contributed by atoms with Crippen LogP contribution in [0.2, 0.25) is 0 Å². The molecule has 2 rings (SSSR count). The molecule has 5 nitrogen and oxygen atoms in total. The van der Waals surface area contributed by atoms with Gasteiger partial charge >= 0.3 is 0 Å². The van der Waals surface area contributed by atoms with Crippen LogP contribution in [-0.4, -0.2) is 34.8 Å². The number of amides is 1. The Kier molecular flexibility index (Phi) is 6.65. The van der Waals surface area contributed by atoms with E-state index in [9.17, 15) is 4.79 Å². The van der Waals surface area contributed by atoms with Gasteiger partial charge in [-0.2, -0.15) is 5.10 Å². The number of carbonyl (C=O) groups is 1. The van der Waals surface area contributed by atoms with Crippen LogP contribution in [0.5, 0.6) is 0 Å². The third kappa shape index (κ3) is 6.02. The molecule has 0 bridgehead atoms. The lowest BCUT2D eigenvalue weighted by Crippen LogP contribution is -2.40. The van der Waals surface area contributed by atoms with Gasteiger partial charge in [-0.05, 0) is 51.5 Å². The summed E-state index contributed by atoms with van der Waals surface area (Å²) in [5.74, 6) is 0.0694. The minimum Gasteiger partial charge on any atom is -0.355 e. The maximum Gasteiger partial charge on any atom is 0.233 e. The second kappa shape index (κ2) is 8.73. The number of carbonyl (C=O) groups excluding carboxylic acids is 1. The molecule has 1 aliphatic rings. The second-order valence-corrected chi connectivity index (χ2v) is 6.23. The summed E-state index contributed by atoms with van der Waals surface area (Å²) in [6, 6.07) is 0.214. The molecular formula is C17H28N4O. The molecule has 1 aromatic heterocycles. The molecule has 0 aliphatic heterocycles. The van der Waals surface area contributed by atoms with Gasteiger partial charge in [0.05, 0.1) is 19.3 Å². The Morgan fingerprint density at radius 3 is 3.00 bits per heavy atom. The summed E-state index contributed by atoms with van der Waals surface area (Å²) in [4.78, 5) is 11.8. The maximum absolute atomic E-state index is 11.8. The van der Waals surface area contributed by atoms with E-state index in [1.807, 2.05) is 24.0 Å². The van der Waals surface area contributed by atoms with E-state index in [2.05, 4.69) is 28.7 Å². The smallest absolute Gasteiger partial charge is 0.233 e. The van der Waals surface area contributed by atoms with Crippen molar-refractivity contribution < 1.29 is 4.79 Å². The van der Waals surface area contributed by atoms with Gasteiger partial charge in [0, 0.05) is 18.8 Å². The Bertz CT molecular complexity index is 507. The largest absolute Gasteiger partial charge is 0.355 e. The number of rotatable bonds is 8. The lowest BCUT2D eigenvalue weighted by molar-refractivity contribution is -0.120. The van der Waals surface area contributed by atoms with E-state index < -0.39 is 0 Å². The van der Waals surface area contributed by atoms with Crippen molar-refractivity contribution in [2.75, 3.05) is 13.1 Å². The highest BCUT2D eigenvalue weighted by Crippen LogP contribution is 2.19. The monoisotopic (exact) mass is 304 g/mol. The molecule has 22 heavy (non-hydrogen) atoms. The predicted molar refractivity (Wildman–Crippen MR) is 88.6 cm³/mol. The highest BCUT2D eigenvalue weighted by Gasteiger charge is 2.08. The molecule has 2 N–H and O–H groups in total. The predicted octanol–water partition coefficient (Wildman–Crippen LogP) is 2.18. The number of hydrogen-bond acceptors (Lipinski definition) is 3. The summed E-state index contributed by atoms with van der Waals surface area (Å²) in [5.41, 5.74) is 2.66. The first-order valence-corrected chi connectivity index (χ1v) is 8.30. The zero-order valence-corrected chi connectivity index (χ0v) is 13.8. The standard InChI is InChI=1S/C17H28N4O/c1-14-10-20-21(12-14)13-15(2)19-11-17(22)18-9-8-16-6-4-3-5-7-16/h6,10,12,15,19H,3-5,7-9,11,13H2,1-2H3,(H,18,22)/t15-/m1/s1. The van der Waals surface area contributed by atoms with Crippen LogP contribution in [-0.2, 0) is 11.3 Å². The van der Waals surface area contributed by atoms with Crippen LogP contribution in [0.25, 0.3) is 0 Å². The molecule has 1 amide bonds. The summed E-state index contributed by atoms with van der Waals surface area (Å²) in [6.07, 6.45) is 12.2. The third-order valence-corrected chi connectivity index (χ3v) is 3.99. The van der Waals surface area contributed by atoms with E-state index in [0.717, 1.165) is 25.1 Å². The van der Waals surface area contributed by atoms with E-state index in [1.54, 1.807) is 0 Å². The molecule has 0 saturated carbocycles. The summed E-state index contributed by atoms with van der Waals surface area (Å²) in [5, 5.41) is 10.5. The Hall–Kier alpha value is -1.62. The highest BCUT2D eigenvalue weighted by molar-refractivity contribution is 5.77. The first-order chi connectivity index (χ1) is 10.6. The van der Waals surface area contributed by atoms with Crippen molar-refractivity contribution in [2.24, 2.45) is 0 Å². The fourth-order valence-corrected chi connectivity index (χ4v) is 2.74. The van der Waals surface area contributed by atoms with E-state index in [1.165, 1.54) is 31.3 Å². The van der Waals surface area contributed by atoms with Gasteiger partial charge in [-0.15, -0.1) is 0 Å². The van der Waals surface area contributed by atoms with Crippen LogP contribution >= 0.6 is 0 Å². The van der Waals surface area contributed by atoms with Crippen molar-refractivity contribution in [3.63, 3.8) is 0 Å². The molecule has 0 saturated heterocycles. The van der Waals surface area contributed by atoms with Crippen LogP contribution in [0.4, 0.5) is 0 Å². The molecule has 1 heterocycles. The molecule has 1 aromatic rings. The van der Waals surface area contributed by atoms with Gasteiger partial charge in [0.1, 0.15) is 0 Å². The van der Waals surface area contributed by atoms with Crippen molar-refractivity contribution in [1.82, 2.24) is 20.4 Å². The van der Waals surface area contributed by atoms with Crippen molar-refractivity contribution in [3.05, 3.63) is 29.6 Å². The first-order valence-electron chi connectivity index (χ1n) is 8.30. The molecule has 0 radical (unpaired) electrons. The average Bonchev–Trinajstić information content (AvgIpc) is 2.91. The zero-order chi connectivity index (χ0) is 15.8. The van der Waals surface area contributed by atoms with Gasteiger partial charge in [-0.3, -0.25) is 9.48 Å². The van der Waals surface area contributed by atoms with Crippen molar-refractivity contribution >= 4 is 5.91 Å². The normalized spacial score (nSPS) is 16.2. The second-order valence-electron chi connectivity index (χ2n) is 6.23. The van der Waals surface area contributed by atoms with Gasteiger partial charge in [0.15, 0.2) is 0 Å². The third-order valence-electron chi connectivity index (χ3n) is 3.99. The summed E-state index contributed by atoms with van der Waals surface area (Å²) >= 11 is 0. The van der Waals surface area contributed by atoms with Crippen LogP contribution in [0, 0.1) is 6.92 Å². The topological polar surface area (TPSA) is 59.0 Å². The quantitative estimate of drug-likeness (QED) is 0.724. The van der Waals surface area contributed by atoms with Gasteiger partial charge in [-0.1, -0.05) is 11.6 Å². The number of aromatic nitrogens is 2. The molecule has 122 valence electrons. The number of allylic oxidation sites excluding steroid dienone is 1. The molecular weight excluding hydrogens is 276 g/mol. The van der Waals surface area contributed by atoms with Crippen molar-refractivity contribution in [1.29, 1.82) is 0 Å². The van der Waals surface area contributed by atoms with E-state index in [0.29, 0.717) is 6.54 Å². The van der Waals surface area contributed by atoms with Crippen LogP contribution in [0.15, 0.2) is 24.0 Å². The fraction of sp³-hybridized carbons (Fsp3) is 0.647. The first kappa shape index (κ1) is 16.7. The van der Waals surface area contributed by atoms with Crippen LogP contribution < -0.4 is 10.6 Å². The van der Waals surface area contributed by atoms with Crippen molar-refractivity contribution in [2.45, 2.75) is 58.5 Å². The molecule has 0 aromatic carbocycles. The number of nitrogens with one attached hydrogen (secondary N) is 2.